The Balaban J connectivity index is 1.32. The van der Waals surface area contributed by atoms with Crippen LogP contribution in [0, 0.1) is 17.8 Å². The Kier molecular flexibility index (Phi) is 4.48. The summed E-state index contributed by atoms with van der Waals surface area (Å²) >= 11 is 12.1. The van der Waals surface area contributed by atoms with Gasteiger partial charge in [0.05, 0.1) is 5.52 Å². The average Bonchev–Trinajstić information content (AvgIpc) is 3.49. The molecular weight excluding hydrogens is 431 g/mol. The zero-order valence-corrected chi connectivity index (χ0v) is 17.4. The molecule has 2 saturated carbocycles. The minimum Gasteiger partial charge on any atom is -0.476 e. The second-order valence-corrected chi connectivity index (χ2v) is 9.93. The number of nitrogens with one attached hydrogen (secondary N) is 1. The van der Waals surface area contributed by atoms with Gasteiger partial charge in [-0.1, -0.05) is 18.2 Å². The number of benzene rings is 1. The van der Waals surface area contributed by atoms with Gasteiger partial charge >= 0.3 is 5.97 Å². The molecule has 2 N–H and O–H groups in total. The number of alkyl halides is 2. The van der Waals surface area contributed by atoms with E-state index in [9.17, 15) is 19.5 Å². The van der Waals surface area contributed by atoms with Crippen molar-refractivity contribution in [3.63, 3.8) is 0 Å². The molecule has 3 fully saturated rings. The van der Waals surface area contributed by atoms with E-state index in [-0.39, 0.29) is 35.9 Å². The Morgan fingerprint density at radius 2 is 2.00 bits per heavy atom. The van der Waals surface area contributed by atoms with E-state index < -0.39 is 16.3 Å². The van der Waals surface area contributed by atoms with Gasteiger partial charge in [0, 0.05) is 24.4 Å². The standard InChI is InChI=1S/C20H20Cl2N4O4/c21-20(22)6-11(20)7-23-18(28)17-13-5-10(13)8-25(17)15(27)9-26-14-4-2-1-3-12(14)16(24-26)19(29)30/h1-4,10-11,13,17H,5-9H2,(H,23,28)(H,29,30)/t10-,11-,13-,17+/m1/s1. The van der Waals surface area contributed by atoms with Crippen molar-refractivity contribution in [1.29, 1.82) is 0 Å². The Morgan fingerprint density at radius 1 is 1.27 bits per heavy atom. The molecule has 2 aliphatic carbocycles. The SMILES string of the molecule is O=C(O)c1nn(CC(=O)N2C[C@H]3C[C@H]3[C@H]2C(=O)NC[C@H]2CC2(Cl)Cl)c2ccccc12. The molecule has 2 heterocycles. The molecule has 8 nitrogen and oxygen atoms in total. The summed E-state index contributed by atoms with van der Waals surface area (Å²) in [6.45, 7) is 0.810. The molecule has 0 unspecified atom stereocenters. The normalized spacial score (nSPS) is 28.3. The highest BCUT2D eigenvalue weighted by molar-refractivity contribution is 6.50. The van der Waals surface area contributed by atoms with Gasteiger partial charge in [0.15, 0.2) is 5.69 Å². The molecule has 4 atom stereocenters. The fourth-order valence-electron chi connectivity index (χ4n) is 4.50. The number of fused-ring (bicyclic) bond motifs is 2. The van der Waals surface area contributed by atoms with Crippen LogP contribution in [-0.2, 0) is 16.1 Å². The highest BCUT2D eigenvalue weighted by atomic mass is 35.5. The number of amides is 2. The fraction of sp³-hybridized carbons (Fsp3) is 0.500. The lowest BCUT2D eigenvalue weighted by molar-refractivity contribution is -0.140. The van der Waals surface area contributed by atoms with E-state index in [1.54, 1.807) is 29.2 Å². The maximum absolute atomic E-state index is 13.1. The predicted octanol–water partition coefficient (Wildman–Crippen LogP) is 1.89. The number of carbonyl (C=O) groups excluding carboxylic acids is 2. The van der Waals surface area contributed by atoms with Crippen molar-refractivity contribution < 1.29 is 19.5 Å². The zero-order valence-electron chi connectivity index (χ0n) is 15.9. The summed E-state index contributed by atoms with van der Waals surface area (Å²) < 4.78 is 0.642. The van der Waals surface area contributed by atoms with E-state index in [4.69, 9.17) is 23.2 Å². The molecule has 1 aliphatic heterocycles. The van der Waals surface area contributed by atoms with Crippen molar-refractivity contribution in [2.75, 3.05) is 13.1 Å². The van der Waals surface area contributed by atoms with Crippen molar-refractivity contribution in [2.45, 2.75) is 29.8 Å². The van der Waals surface area contributed by atoms with Gasteiger partial charge < -0.3 is 15.3 Å². The zero-order chi connectivity index (χ0) is 21.2. The highest BCUT2D eigenvalue weighted by Gasteiger charge is 2.57. The van der Waals surface area contributed by atoms with Crippen LogP contribution in [0.4, 0.5) is 0 Å². The smallest absolute Gasteiger partial charge is 0.357 e. The molecule has 1 saturated heterocycles. The number of nitrogens with zero attached hydrogens (tertiary/aromatic N) is 3. The Labute approximate surface area is 182 Å². The second-order valence-electron chi connectivity index (χ2n) is 8.39. The number of carbonyl (C=O) groups is 3. The van der Waals surface area contributed by atoms with Crippen LogP contribution in [0.2, 0.25) is 0 Å². The van der Waals surface area contributed by atoms with E-state index in [0.29, 0.717) is 36.3 Å². The van der Waals surface area contributed by atoms with Crippen molar-refractivity contribution >= 4 is 51.9 Å². The van der Waals surface area contributed by atoms with Crippen LogP contribution in [0.15, 0.2) is 24.3 Å². The summed E-state index contributed by atoms with van der Waals surface area (Å²) in [7, 11) is 0. The van der Waals surface area contributed by atoms with E-state index in [1.807, 2.05) is 0 Å². The number of halogens is 2. The first-order chi connectivity index (χ1) is 14.3. The van der Waals surface area contributed by atoms with E-state index in [2.05, 4.69) is 10.4 Å². The van der Waals surface area contributed by atoms with Gasteiger partial charge in [0.25, 0.3) is 0 Å². The third-order valence-corrected chi connectivity index (χ3v) is 7.29. The first-order valence-electron chi connectivity index (χ1n) is 9.90. The first-order valence-corrected chi connectivity index (χ1v) is 10.7. The van der Waals surface area contributed by atoms with Crippen molar-refractivity contribution in [1.82, 2.24) is 20.0 Å². The monoisotopic (exact) mass is 450 g/mol. The van der Waals surface area contributed by atoms with Gasteiger partial charge in [-0.15, -0.1) is 23.2 Å². The lowest BCUT2D eigenvalue weighted by Crippen LogP contribution is -2.49. The molecular formula is C20H20Cl2N4O4. The number of piperidine rings is 1. The predicted molar refractivity (Wildman–Crippen MR) is 109 cm³/mol. The number of hydrogen-bond acceptors (Lipinski definition) is 4. The van der Waals surface area contributed by atoms with Crippen LogP contribution in [0.1, 0.15) is 23.3 Å². The van der Waals surface area contributed by atoms with Gasteiger partial charge in [0.1, 0.15) is 16.9 Å². The Morgan fingerprint density at radius 3 is 2.70 bits per heavy atom. The van der Waals surface area contributed by atoms with Crippen LogP contribution in [-0.4, -0.2) is 61.0 Å². The lowest BCUT2D eigenvalue weighted by Gasteiger charge is -2.27. The number of likely N-dealkylation sites (tertiary alicyclic amines) is 1. The third-order valence-electron chi connectivity index (χ3n) is 6.36. The number of hydrogen-bond donors (Lipinski definition) is 2. The molecule has 1 aromatic carbocycles. The maximum atomic E-state index is 13.1. The lowest BCUT2D eigenvalue weighted by atomic mass is 10.1. The van der Waals surface area contributed by atoms with Crippen LogP contribution < -0.4 is 5.32 Å². The maximum Gasteiger partial charge on any atom is 0.357 e. The van der Waals surface area contributed by atoms with E-state index in [1.165, 1.54) is 4.68 Å². The molecule has 1 aromatic heterocycles. The largest absolute Gasteiger partial charge is 0.476 e. The van der Waals surface area contributed by atoms with E-state index >= 15 is 0 Å². The number of aromatic nitrogens is 2. The van der Waals surface area contributed by atoms with E-state index in [0.717, 1.165) is 6.42 Å². The Bertz CT molecular complexity index is 1070. The van der Waals surface area contributed by atoms with Crippen LogP contribution in [0.3, 0.4) is 0 Å². The number of carboxylic acid groups (broad SMARTS) is 1. The Hall–Kier alpha value is -2.32. The average molecular weight is 451 g/mol. The van der Waals surface area contributed by atoms with Crippen molar-refractivity contribution in [3.05, 3.63) is 30.0 Å². The van der Waals surface area contributed by atoms with Crippen molar-refractivity contribution in [2.24, 2.45) is 17.8 Å². The summed E-state index contributed by atoms with van der Waals surface area (Å²) in [5.41, 5.74) is 0.481. The molecule has 2 aromatic rings. The highest BCUT2D eigenvalue weighted by Crippen LogP contribution is 2.53. The number of para-hydroxylation sites is 1. The van der Waals surface area contributed by atoms with Gasteiger partial charge in [-0.2, -0.15) is 5.10 Å². The molecule has 30 heavy (non-hydrogen) atoms. The molecule has 0 bridgehead atoms. The second kappa shape index (κ2) is 6.85. The fourth-order valence-corrected chi connectivity index (χ4v) is 5.03. The molecule has 10 heteroatoms. The summed E-state index contributed by atoms with van der Waals surface area (Å²) in [5.74, 6) is -1.02. The summed E-state index contributed by atoms with van der Waals surface area (Å²) in [5, 5.41) is 16.9. The first kappa shape index (κ1) is 19.6. The minimum absolute atomic E-state index is 0.0372. The minimum atomic E-state index is -1.15. The van der Waals surface area contributed by atoms with Crippen LogP contribution >= 0.6 is 23.2 Å². The molecule has 158 valence electrons. The van der Waals surface area contributed by atoms with Gasteiger partial charge in [-0.25, -0.2) is 4.79 Å². The molecule has 2 amide bonds. The third kappa shape index (κ3) is 3.32. The molecule has 0 radical (unpaired) electrons. The molecule has 3 aliphatic rings. The summed E-state index contributed by atoms with van der Waals surface area (Å²) in [6.07, 6.45) is 1.59. The number of aromatic carboxylic acids is 1. The van der Waals surface area contributed by atoms with Gasteiger partial charge in [0.2, 0.25) is 11.8 Å². The van der Waals surface area contributed by atoms with Crippen LogP contribution in [0.5, 0.6) is 0 Å². The van der Waals surface area contributed by atoms with Crippen molar-refractivity contribution in [3.8, 4) is 0 Å². The van der Waals surface area contributed by atoms with Gasteiger partial charge in [-0.3, -0.25) is 14.3 Å². The van der Waals surface area contributed by atoms with Gasteiger partial charge in [-0.05, 0) is 30.7 Å². The quantitative estimate of drug-likeness (QED) is 0.653. The van der Waals surface area contributed by atoms with Crippen LogP contribution in [0.25, 0.3) is 10.9 Å². The summed E-state index contributed by atoms with van der Waals surface area (Å²) in [4.78, 5) is 39.0. The number of rotatable bonds is 6. The molecule has 0 spiro atoms. The summed E-state index contributed by atoms with van der Waals surface area (Å²) in [6, 6.07) is 6.38. The molecule has 5 rings (SSSR count). The topological polar surface area (TPSA) is 105 Å². The number of carboxylic acids is 1.